The number of nitrogens with zero attached hydrogens (tertiary/aromatic N) is 5. The highest BCUT2D eigenvalue weighted by Gasteiger charge is 2.26. The predicted octanol–water partition coefficient (Wildman–Crippen LogP) is 4.47. The monoisotopic (exact) mass is 621 g/mol. The van der Waals surface area contributed by atoms with E-state index in [0.717, 1.165) is 35.6 Å². The first-order valence-electron chi connectivity index (χ1n) is 14.6. The van der Waals surface area contributed by atoms with Gasteiger partial charge in [-0.1, -0.05) is 0 Å². The van der Waals surface area contributed by atoms with Gasteiger partial charge in [0.15, 0.2) is 0 Å². The topological polar surface area (TPSA) is 105 Å². The van der Waals surface area contributed by atoms with Crippen molar-refractivity contribution in [1.29, 1.82) is 0 Å². The van der Waals surface area contributed by atoms with E-state index in [9.17, 15) is 13.9 Å². The van der Waals surface area contributed by atoms with E-state index in [0.29, 0.717) is 56.7 Å². The van der Waals surface area contributed by atoms with Crippen LogP contribution in [0, 0.1) is 13.8 Å². The van der Waals surface area contributed by atoms with Crippen LogP contribution >= 0.6 is 14.5 Å². The van der Waals surface area contributed by atoms with Gasteiger partial charge in [-0.05, 0) is 90.3 Å². The molecule has 0 radical (unpaired) electrons. The summed E-state index contributed by atoms with van der Waals surface area (Å²) < 4.78 is 37.2. The molecule has 2 aromatic rings. The Kier molecular flexibility index (Phi) is 11.6. The molecule has 234 valence electrons. The maximum Gasteiger partial charge on any atom is 0.410 e. The Morgan fingerprint density at radius 3 is 1.71 bits per heavy atom. The van der Waals surface area contributed by atoms with E-state index >= 15 is 0 Å². The van der Waals surface area contributed by atoms with Gasteiger partial charge < -0.3 is 18.7 Å². The molecule has 1 saturated heterocycles. The van der Waals surface area contributed by atoms with Crippen LogP contribution in [-0.2, 0) is 31.5 Å². The molecule has 2 aromatic heterocycles. The molecule has 0 bridgehead atoms. The third-order valence-electron chi connectivity index (χ3n) is 6.89. The first kappa shape index (κ1) is 34.4. The number of pyridine rings is 2. The fourth-order valence-corrected chi connectivity index (χ4v) is 7.08. The van der Waals surface area contributed by atoms with E-state index in [1.807, 2.05) is 65.8 Å². The van der Waals surface area contributed by atoms with Crippen molar-refractivity contribution >= 4 is 31.5 Å². The van der Waals surface area contributed by atoms with E-state index in [2.05, 4.69) is 9.80 Å². The number of hydrogen-bond acceptors (Lipinski definition) is 9. The summed E-state index contributed by atoms with van der Waals surface area (Å²) in [6.45, 7) is 21.8. The molecule has 1 fully saturated rings. The number of rotatable bonds is 8. The molecular formula is C30H49N5O5P2. The van der Waals surface area contributed by atoms with Gasteiger partial charge in [-0.2, -0.15) is 0 Å². The van der Waals surface area contributed by atoms with Gasteiger partial charge in [-0.3, -0.25) is 14.4 Å². The van der Waals surface area contributed by atoms with Crippen molar-refractivity contribution in [3.63, 3.8) is 0 Å². The third kappa shape index (κ3) is 10.6. The minimum Gasteiger partial charge on any atom is -0.444 e. The normalized spacial score (nSPS) is 17.7. The standard InChI is InChI=1S/C30H49N5O5P2/c1-10-39-42(9,38)28-20-24(3)18-26(32-28)22-34-12-11-33(13-15-35(16-14-34)29(36)40-30(4,5)6)21-25-17-23(2)19-27(31-25)41(7,8)37/h17-20H,10-16,21-22H2,1-9H3. The highest BCUT2D eigenvalue weighted by molar-refractivity contribution is 7.69. The summed E-state index contributed by atoms with van der Waals surface area (Å²) in [6.07, 6.45) is -0.335. The van der Waals surface area contributed by atoms with Crippen molar-refractivity contribution < 1.29 is 23.2 Å². The summed E-state index contributed by atoms with van der Waals surface area (Å²) in [5.41, 5.74) is 4.20. The Morgan fingerprint density at radius 1 is 0.810 bits per heavy atom. The summed E-state index contributed by atoms with van der Waals surface area (Å²) in [7, 11) is -5.53. The minimum atomic E-state index is -3.02. The molecule has 12 heteroatoms. The molecule has 1 aliphatic heterocycles. The number of carbonyl (C=O) groups excluding carboxylic acids is 1. The van der Waals surface area contributed by atoms with Crippen molar-refractivity contribution in [2.24, 2.45) is 0 Å². The molecule has 42 heavy (non-hydrogen) atoms. The van der Waals surface area contributed by atoms with E-state index < -0.39 is 20.1 Å². The van der Waals surface area contributed by atoms with Gasteiger partial charge in [0.1, 0.15) is 18.2 Å². The largest absolute Gasteiger partial charge is 0.444 e. The maximum atomic E-state index is 13.1. The smallest absolute Gasteiger partial charge is 0.410 e. The Bertz CT molecular complexity index is 1340. The van der Waals surface area contributed by atoms with Crippen molar-refractivity contribution in [3.8, 4) is 0 Å². The Labute approximate surface area is 252 Å². The second kappa shape index (κ2) is 14.1. The lowest BCUT2D eigenvalue weighted by Crippen LogP contribution is -2.42. The fourth-order valence-electron chi connectivity index (χ4n) is 4.82. The summed E-state index contributed by atoms with van der Waals surface area (Å²) in [4.78, 5) is 29.0. The predicted molar refractivity (Wildman–Crippen MR) is 170 cm³/mol. The molecule has 1 atom stereocenters. The molecule has 0 saturated carbocycles. The van der Waals surface area contributed by atoms with E-state index in [4.69, 9.17) is 19.2 Å². The Balaban J connectivity index is 1.87. The van der Waals surface area contributed by atoms with Crippen LogP contribution in [0.2, 0.25) is 0 Å². The van der Waals surface area contributed by atoms with Crippen LogP contribution in [0.25, 0.3) is 0 Å². The molecule has 0 spiro atoms. The lowest BCUT2D eigenvalue weighted by molar-refractivity contribution is 0.0229. The average Bonchev–Trinajstić information content (AvgIpc) is 2.93. The zero-order chi connectivity index (χ0) is 31.3. The van der Waals surface area contributed by atoms with Gasteiger partial charge in [0, 0.05) is 59.0 Å². The van der Waals surface area contributed by atoms with E-state index in [1.165, 1.54) is 0 Å². The molecule has 0 N–H and O–H groups in total. The van der Waals surface area contributed by atoms with Gasteiger partial charge >= 0.3 is 6.09 Å². The van der Waals surface area contributed by atoms with Crippen LogP contribution in [0.1, 0.15) is 50.2 Å². The van der Waals surface area contributed by atoms with Crippen molar-refractivity contribution in [2.75, 3.05) is 65.9 Å². The number of aromatic nitrogens is 2. The molecule has 10 nitrogen and oxygen atoms in total. The lowest BCUT2D eigenvalue weighted by Gasteiger charge is -2.29. The molecule has 3 heterocycles. The summed E-state index contributed by atoms with van der Waals surface area (Å²) in [5.74, 6) is 0. The second-order valence-electron chi connectivity index (χ2n) is 12.6. The van der Waals surface area contributed by atoms with Crippen LogP contribution in [0.5, 0.6) is 0 Å². The third-order valence-corrected chi connectivity index (χ3v) is 10.0. The summed E-state index contributed by atoms with van der Waals surface area (Å²) in [6, 6.07) is 7.78. The molecule has 0 aliphatic carbocycles. The van der Waals surface area contributed by atoms with E-state index in [-0.39, 0.29) is 6.09 Å². The van der Waals surface area contributed by atoms with Crippen LogP contribution in [0.15, 0.2) is 24.3 Å². The zero-order valence-electron chi connectivity index (χ0n) is 26.8. The number of carbonyl (C=O) groups is 1. The average molecular weight is 622 g/mol. The van der Waals surface area contributed by atoms with Crippen LogP contribution < -0.4 is 10.9 Å². The van der Waals surface area contributed by atoms with Gasteiger partial charge in [0.2, 0.25) is 7.37 Å². The first-order valence-corrected chi connectivity index (χ1v) is 19.3. The van der Waals surface area contributed by atoms with Crippen LogP contribution in [0.3, 0.4) is 0 Å². The lowest BCUT2D eigenvalue weighted by atomic mass is 10.2. The molecule has 1 unspecified atom stereocenters. The molecule has 1 aliphatic rings. The van der Waals surface area contributed by atoms with Gasteiger partial charge in [-0.25, -0.2) is 14.8 Å². The van der Waals surface area contributed by atoms with Crippen molar-refractivity contribution in [2.45, 2.75) is 60.2 Å². The summed E-state index contributed by atoms with van der Waals surface area (Å²) >= 11 is 0. The fraction of sp³-hybridized carbons (Fsp3) is 0.633. The molecule has 3 rings (SSSR count). The highest BCUT2D eigenvalue weighted by Crippen LogP contribution is 2.40. The first-order chi connectivity index (χ1) is 19.4. The van der Waals surface area contributed by atoms with Crippen molar-refractivity contribution in [3.05, 3.63) is 46.8 Å². The van der Waals surface area contributed by atoms with Gasteiger partial charge in [0.05, 0.1) is 23.4 Å². The SMILES string of the molecule is CCOP(C)(=O)c1cc(C)cc(CN2CCN(Cc3cc(C)cc(P(C)(C)=O)n3)CCN(C(=O)OC(C)(C)C)CC2)n1. The molecule has 0 aromatic carbocycles. The van der Waals surface area contributed by atoms with Crippen molar-refractivity contribution in [1.82, 2.24) is 24.7 Å². The maximum absolute atomic E-state index is 13.1. The number of ether oxygens (including phenoxy) is 1. The van der Waals surface area contributed by atoms with Gasteiger partial charge in [-0.15, -0.1) is 0 Å². The zero-order valence-corrected chi connectivity index (χ0v) is 28.6. The van der Waals surface area contributed by atoms with Crippen LogP contribution in [-0.4, -0.2) is 102 Å². The minimum absolute atomic E-state index is 0.335. The quantitative estimate of drug-likeness (QED) is 0.395. The molecule has 1 amide bonds. The number of hydrogen-bond donors (Lipinski definition) is 0. The Hall–Kier alpha value is -2.09. The van der Waals surface area contributed by atoms with Crippen LogP contribution in [0.4, 0.5) is 4.79 Å². The second-order valence-corrected chi connectivity index (χ2v) is 18.2. The van der Waals surface area contributed by atoms with E-state index in [1.54, 1.807) is 24.9 Å². The molecular weight excluding hydrogens is 572 g/mol. The number of aryl methyl sites for hydroxylation is 2. The number of amides is 1. The Morgan fingerprint density at radius 2 is 1.26 bits per heavy atom. The summed E-state index contributed by atoms with van der Waals surface area (Å²) in [5, 5.41) is 0. The highest BCUT2D eigenvalue weighted by atomic mass is 31.2. The van der Waals surface area contributed by atoms with Gasteiger partial charge in [0.25, 0.3) is 0 Å².